The number of hydrogen-bond donors (Lipinski definition) is 2. The Morgan fingerprint density at radius 2 is 1.93 bits per heavy atom. The SMILES string of the molecule is CC(C)CCc1cc(F)cc(-c2ccc(C(=O)NS(=O)(=O)c3ccn[nH]3)c(N3CCC[C@H]3c3ccccc3)n2)c1. The first-order valence-electron chi connectivity index (χ1n) is 13.4. The highest BCUT2D eigenvalue weighted by Gasteiger charge is 2.32. The van der Waals surface area contributed by atoms with Crippen LogP contribution >= 0.6 is 0 Å². The summed E-state index contributed by atoms with van der Waals surface area (Å²) in [4.78, 5) is 20.3. The van der Waals surface area contributed by atoms with Gasteiger partial charge in [0.25, 0.3) is 15.9 Å². The molecule has 3 heterocycles. The minimum Gasteiger partial charge on any atom is -0.349 e. The van der Waals surface area contributed by atoms with Gasteiger partial charge in [-0.2, -0.15) is 13.5 Å². The fourth-order valence-electron chi connectivity index (χ4n) is 5.07. The van der Waals surface area contributed by atoms with E-state index in [-0.39, 0.29) is 22.4 Å². The molecule has 0 spiro atoms. The van der Waals surface area contributed by atoms with Crippen LogP contribution < -0.4 is 9.62 Å². The Morgan fingerprint density at radius 1 is 1.12 bits per heavy atom. The number of aromatic nitrogens is 3. The number of hydrogen-bond acceptors (Lipinski definition) is 6. The zero-order valence-electron chi connectivity index (χ0n) is 22.5. The maximum atomic E-state index is 14.7. The number of sulfonamides is 1. The second-order valence-corrected chi connectivity index (χ2v) is 12.1. The van der Waals surface area contributed by atoms with E-state index >= 15 is 0 Å². The lowest BCUT2D eigenvalue weighted by Gasteiger charge is -2.28. The van der Waals surface area contributed by atoms with E-state index < -0.39 is 15.9 Å². The molecule has 208 valence electrons. The summed E-state index contributed by atoms with van der Waals surface area (Å²) in [7, 11) is -4.17. The first-order valence-corrected chi connectivity index (χ1v) is 14.9. The smallest absolute Gasteiger partial charge is 0.281 e. The number of aromatic amines is 1. The van der Waals surface area contributed by atoms with Crippen LogP contribution in [-0.2, 0) is 16.4 Å². The molecule has 1 aliphatic rings. The molecule has 2 aromatic carbocycles. The zero-order valence-corrected chi connectivity index (χ0v) is 23.3. The molecule has 10 heteroatoms. The van der Waals surface area contributed by atoms with Gasteiger partial charge in [-0.25, -0.2) is 14.1 Å². The van der Waals surface area contributed by atoms with Gasteiger partial charge in [0.15, 0.2) is 5.03 Å². The molecular formula is C30H32FN5O3S. The number of anilines is 1. The van der Waals surface area contributed by atoms with Gasteiger partial charge in [0.2, 0.25) is 0 Å². The molecule has 1 aliphatic heterocycles. The summed E-state index contributed by atoms with van der Waals surface area (Å²) in [6.07, 6.45) is 4.69. The van der Waals surface area contributed by atoms with Crippen molar-refractivity contribution in [3.8, 4) is 11.3 Å². The predicted molar refractivity (Wildman–Crippen MR) is 152 cm³/mol. The van der Waals surface area contributed by atoms with Crippen molar-refractivity contribution < 1.29 is 17.6 Å². The lowest BCUT2D eigenvalue weighted by atomic mass is 9.99. The average molecular weight is 562 g/mol. The monoisotopic (exact) mass is 561 g/mol. The summed E-state index contributed by atoms with van der Waals surface area (Å²) in [5.74, 6) is -0.318. The molecule has 0 radical (unpaired) electrons. The van der Waals surface area contributed by atoms with Crippen molar-refractivity contribution in [3.63, 3.8) is 0 Å². The quantitative estimate of drug-likeness (QED) is 0.273. The first-order chi connectivity index (χ1) is 19.2. The number of benzene rings is 2. The molecule has 8 nitrogen and oxygen atoms in total. The van der Waals surface area contributed by atoms with E-state index in [9.17, 15) is 17.6 Å². The Kier molecular flexibility index (Phi) is 7.97. The van der Waals surface area contributed by atoms with Crippen molar-refractivity contribution in [1.82, 2.24) is 19.9 Å². The summed E-state index contributed by atoms with van der Waals surface area (Å²) in [6.45, 7) is 4.89. The van der Waals surface area contributed by atoms with Crippen molar-refractivity contribution in [2.24, 2.45) is 5.92 Å². The minimum atomic E-state index is -4.17. The molecule has 2 aromatic heterocycles. The number of nitrogens with one attached hydrogen (secondary N) is 2. The van der Waals surface area contributed by atoms with Crippen molar-refractivity contribution in [1.29, 1.82) is 0 Å². The Morgan fingerprint density at radius 3 is 2.65 bits per heavy atom. The van der Waals surface area contributed by atoms with Gasteiger partial charge in [-0.3, -0.25) is 9.89 Å². The summed E-state index contributed by atoms with van der Waals surface area (Å²) in [5.41, 5.74) is 3.18. The normalized spacial score (nSPS) is 15.5. The molecule has 0 saturated carbocycles. The van der Waals surface area contributed by atoms with Crippen molar-refractivity contribution in [2.45, 2.75) is 50.6 Å². The van der Waals surface area contributed by atoms with Crippen LogP contribution in [0.3, 0.4) is 0 Å². The number of pyridine rings is 1. The Hall–Kier alpha value is -4.05. The molecule has 0 aliphatic carbocycles. The van der Waals surface area contributed by atoms with Crippen LogP contribution in [0, 0.1) is 11.7 Å². The summed E-state index contributed by atoms with van der Waals surface area (Å²) in [6, 6.07) is 19.3. The van der Waals surface area contributed by atoms with E-state index in [1.165, 1.54) is 18.3 Å². The maximum absolute atomic E-state index is 14.7. The first kappa shape index (κ1) is 27.5. The van der Waals surface area contributed by atoms with Gasteiger partial charge >= 0.3 is 0 Å². The molecule has 1 atom stereocenters. The van der Waals surface area contributed by atoms with E-state index in [2.05, 4.69) is 28.8 Å². The summed E-state index contributed by atoms with van der Waals surface area (Å²) < 4.78 is 42.4. The number of H-pyrrole nitrogens is 1. The van der Waals surface area contributed by atoms with E-state index in [0.717, 1.165) is 36.8 Å². The highest BCUT2D eigenvalue weighted by atomic mass is 32.2. The summed E-state index contributed by atoms with van der Waals surface area (Å²) >= 11 is 0. The molecule has 0 unspecified atom stereocenters. The van der Waals surface area contributed by atoms with Gasteiger partial charge < -0.3 is 4.90 Å². The molecule has 5 rings (SSSR count). The van der Waals surface area contributed by atoms with Crippen LogP contribution in [0.5, 0.6) is 0 Å². The van der Waals surface area contributed by atoms with Crippen LogP contribution in [0.1, 0.15) is 60.6 Å². The molecule has 40 heavy (non-hydrogen) atoms. The highest BCUT2D eigenvalue weighted by Crippen LogP contribution is 2.38. The number of rotatable bonds is 9. The van der Waals surface area contributed by atoms with Crippen LogP contribution in [-0.4, -0.2) is 36.1 Å². The largest absolute Gasteiger partial charge is 0.349 e. The topological polar surface area (TPSA) is 108 Å². The van der Waals surface area contributed by atoms with Crippen molar-refractivity contribution in [2.75, 3.05) is 11.4 Å². The van der Waals surface area contributed by atoms with Crippen molar-refractivity contribution >= 4 is 21.7 Å². The number of carbonyl (C=O) groups excluding carboxylic acids is 1. The second kappa shape index (κ2) is 11.6. The van der Waals surface area contributed by atoms with Gasteiger partial charge in [-0.05, 0) is 79.1 Å². The van der Waals surface area contributed by atoms with Gasteiger partial charge in [0, 0.05) is 12.1 Å². The third-order valence-electron chi connectivity index (χ3n) is 7.08. The maximum Gasteiger partial charge on any atom is 0.281 e. The number of amides is 1. The van der Waals surface area contributed by atoms with Crippen molar-refractivity contribution in [3.05, 3.63) is 95.4 Å². The number of nitrogens with zero attached hydrogens (tertiary/aromatic N) is 3. The molecule has 0 bridgehead atoms. The lowest BCUT2D eigenvalue weighted by Crippen LogP contribution is -2.33. The Balaban J connectivity index is 1.57. The minimum absolute atomic E-state index is 0.0474. The molecule has 2 N–H and O–H groups in total. The third-order valence-corrected chi connectivity index (χ3v) is 8.34. The molecule has 1 amide bonds. The molecule has 1 fully saturated rings. The third kappa shape index (κ3) is 6.07. The van der Waals surface area contributed by atoms with Crippen LogP contribution in [0.15, 0.2) is 78.0 Å². The molecular weight excluding hydrogens is 529 g/mol. The van der Waals surface area contributed by atoms with Gasteiger partial charge in [-0.15, -0.1) is 0 Å². The van der Waals surface area contributed by atoms with Gasteiger partial charge in [-0.1, -0.05) is 44.2 Å². The van der Waals surface area contributed by atoms with Crippen LogP contribution in [0.4, 0.5) is 10.2 Å². The van der Waals surface area contributed by atoms with E-state index in [4.69, 9.17) is 4.98 Å². The van der Waals surface area contributed by atoms with E-state index in [1.807, 2.05) is 41.3 Å². The zero-order chi connectivity index (χ0) is 28.3. The standard InChI is InChI=1S/C30H32FN5O3S/c1-20(2)10-11-21-17-23(19-24(31)18-21)26-13-12-25(30(37)35-40(38,39)28-14-15-32-34-28)29(33-26)36-16-6-9-27(36)22-7-4-3-5-8-22/h3-5,7-8,12-15,17-20,27H,6,9-11,16H2,1-2H3,(H,32,34)(H,35,37)/t27-/m0/s1. The Labute approximate surface area is 233 Å². The number of aryl methyl sites for hydroxylation is 1. The van der Waals surface area contributed by atoms with Crippen LogP contribution in [0.2, 0.25) is 0 Å². The lowest BCUT2D eigenvalue weighted by molar-refractivity contribution is 0.0981. The fraction of sp³-hybridized carbons (Fsp3) is 0.300. The predicted octanol–water partition coefficient (Wildman–Crippen LogP) is 5.66. The number of halogens is 1. The average Bonchev–Trinajstić information content (AvgIpc) is 3.65. The molecule has 4 aromatic rings. The van der Waals surface area contributed by atoms with Crippen LogP contribution in [0.25, 0.3) is 11.3 Å². The van der Waals surface area contributed by atoms with Gasteiger partial charge in [0.1, 0.15) is 11.6 Å². The Bertz CT molecular complexity index is 1590. The number of carbonyl (C=O) groups is 1. The highest BCUT2D eigenvalue weighted by molar-refractivity contribution is 7.90. The van der Waals surface area contributed by atoms with E-state index in [1.54, 1.807) is 18.2 Å². The van der Waals surface area contributed by atoms with E-state index in [0.29, 0.717) is 29.5 Å². The van der Waals surface area contributed by atoms with Gasteiger partial charge in [0.05, 0.1) is 23.5 Å². The second-order valence-electron chi connectivity index (χ2n) is 10.5. The molecule has 1 saturated heterocycles. The fourth-order valence-corrected chi connectivity index (χ4v) is 5.95. The summed E-state index contributed by atoms with van der Waals surface area (Å²) in [5, 5.41) is 5.83.